The molecule has 0 bridgehead atoms. The van der Waals surface area contributed by atoms with E-state index in [1.54, 1.807) is 25.1 Å². The van der Waals surface area contributed by atoms with Gasteiger partial charge in [0.1, 0.15) is 5.82 Å². The number of terminal acetylenes is 1. The van der Waals surface area contributed by atoms with Gasteiger partial charge in [-0.3, -0.25) is 0 Å². The third kappa shape index (κ3) is 1.88. The molecule has 0 aromatic heterocycles. The molecule has 68 valence electrons. The maximum absolute atomic E-state index is 13.5. The quantitative estimate of drug-likeness (QED) is 0.686. The van der Waals surface area contributed by atoms with Gasteiger partial charge in [-0.15, -0.1) is 6.42 Å². The van der Waals surface area contributed by atoms with Crippen molar-refractivity contribution in [1.29, 1.82) is 0 Å². The fourth-order valence-electron chi connectivity index (χ4n) is 1.14. The van der Waals surface area contributed by atoms with Gasteiger partial charge in [0.2, 0.25) is 0 Å². The van der Waals surface area contributed by atoms with E-state index >= 15 is 0 Å². The number of hydrogen-bond donors (Lipinski definition) is 1. The molecule has 0 radical (unpaired) electrons. The van der Waals surface area contributed by atoms with Crippen LogP contribution in [0.1, 0.15) is 24.0 Å². The second kappa shape index (κ2) is 4.06. The SMILES string of the molecule is C#Cc1cccc(C(C)CO)c1F. The van der Waals surface area contributed by atoms with Gasteiger partial charge in [0.25, 0.3) is 0 Å². The van der Waals surface area contributed by atoms with Crippen LogP contribution in [-0.2, 0) is 0 Å². The average Bonchev–Trinajstić information content (AvgIpc) is 2.17. The lowest BCUT2D eigenvalue weighted by Crippen LogP contribution is -2.03. The molecular weight excluding hydrogens is 167 g/mol. The summed E-state index contributed by atoms with van der Waals surface area (Å²) in [6, 6.07) is 4.87. The Morgan fingerprint density at radius 3 is 2.85 bits per heavy atom. The molecule has 0 aliphatic heterocycles. The Balaban J connectivity index is 3.17. The summed E-state index contributed by atoms with van der Waals surface area (Å²) in [4.78, 5) is 0. The summed E-state index contributed by atoms with van der Waals surface area (Å²) in [5.74, 6) is 1.65. The van der Waals surface area contributed by atoms with Gasteiger partial charge >= 0.3 is 0 Å². The third-order valence-electron chi connectivity index (χ3n) is 1.99. The Bertz CT molecular complexity index is 338. The molecule has 0 aliphatic rings. The van der Waals surface area contributed by atoms with Gasteiger partial charge in [-0.2, -0.15) is 0 Å². The van der Waals surface area contributed by atoms with E-state index in [0.717, 1.165) is 0 Å². The monoisotopic (exact) mass is 178 g/mol. The van der Waals surface area contributed by atoms with E-state index < -0.39 is 5.82 Å². The summed E-state index contributed by atoms with van der Waals surface area (Å²) in [6.45, 7) is 1.67. The molecule has 1 aromatic rings. The van der Waals surface area contributed by atoms with Crippen molar-refractivity contribution in [3.8, 4) is 12.3 Å². The van der Waals surface area contributed by atoms with E-state index in [1.165, 1.54) is 0 Å². The maximum atomic E-state index is 13.5. The maximum Gasteiger partial charge on any atom is 0.142 e. The van der Waals surface area contributed by atoms with Crippen LogP contribution in [-0.4, -0.2) is 11.7 Å². The minimum atomic E-state index is -0.397. The molecule has 0 fully saturated rings. The van der Waals surface area contributed by atoms with Gasteiger partial charge in [-0.25, -0.2) is 4.39 Å². The number of rotatable bonds is 2. The minimum absolute atomic E-state index is 0.0784. The highest BCUT2D eigenvalue weighted by molar-refractivity contribution is 5.38. The van der Waals surface area contributed by atoms with Crippen LogP contribution >= 0.6 is 0 Å². The van der Waals surface area contributed by atoms with Crippen molar-refractivity contribution in [2.45, 2.75) is 12.8 Å². The number of aliphatic hydroxyl groups is 1. The number of aliphatic hydroxyl groups excluding tert-OH is 1. The van der Waals surface area contributed by atoms with E-state index in [-0.39, 0.29) is 18.1 Å². The highest BCUT2D eigenvalue weighted by atomic mass is 19.1. The van der Waals surface area contributed by atoms with Crippen molar-refractivity contribution in [3.05, 3.63) is 35.1 Å². The van der Waals surface area contributed by atoms with E-state index in [2.05, 4.69) is 5.92 Å². The predicted octanol–water partition coefficient (Wildman–Crippen LogP) is 1.90. The van der Waals surface area contributed by atoms with E-state index in [4.69, 9.17) is 11.5 Å². The smallest absolute Gasteiger partial charge is 0.142 e. The molecule has 13 heavy (non-hydrogen) atoms. The highest BCUT2D eigenvalue weighted by Crippen LogP contribution is 2.20. The Morgan fingerprint density at radius 1 is 1.62 bits per heavy atom. The van der Waals surface area contributed by atoms with Crippen LogP contribution in [0.15, 0.2) is 18.2 Å². The Kier molecular flexibility index (Phi) is 3.05. The molecule has 1 atom stereocenters. The fraction of sp³-hybridized carbons (Fsp3) is 0.273. The minimum Gasteiger partial charge on any atom is -0.396 e. The first kappa shape index (κ1) is 9.76. The van der Waals surface area contributed by atoms with Gasteiger partial charge in [0.15, 0.2) is 0 Å². The van der Waals surface area contributed by atoms with Crippen LogP contribution in [0.2, 0.25) is 0 Å². The Hall–Kier alpha value is -1.33. The van der Waals surface area contributed by atoms with Crippen molar-refractivity contribution >= 4 is 0 Å². The molecular formula is C11H11FO. The Labute approximate surface area is 77.2 Å². The van der Waals surface area contributed by atoms with Crippen LogP contribution in [0, 0.1) is 18.2 Å². The van der Waals surface area contributed by atoms with Crippen molar-refractivity contribution < 1.29 is 9.50 Å². The molecule has 0 spiro atoms. The van der Waals surface area contributed by atoms with Crippen molar-refractivity contribution in [2.75, 3.05) is 6.61 Å². The molecule has 1 N–H and O–H groups in total. The molecule has 1 aromatic carbocycles. The molecule has 2 heteroatoms. The molecule has 0 saturated heterocycles. The molecule has 1 unspecified atom stereocenters. The average molecular weight is 178 g/mol. The second-order valence-corrected chi connectivity index (χ2v) is 2.94. The zero-order valence-electron chi connectivity index (χ0n) is 7.42. The van der Waals surface area contributed by atoms with Gasteiger partial charge < -0.3 is 5.11 Å². The van der Waals surface area contributed by atoms with Gasteiger partial charge in [-0.1, -0.05) is 25.0 Å². The molecule has 0 heterocycles. The standard InChI is InChI=1S/C11H11FO/c1-3-9-5-4-6-10(11(9)12)8(2)7-13/h1,4-6,8,13H,7H2,2H3. The summed E-state index contributed by atoms with van der Waals surface area (Å²) in [5, 5.41) is 8.86. The van der Waals surface area contributed by atoms with Crippen LogP contribution in [0.3, 0.4) is 0 Å². The molecule has 0 saturated carbocycles. The lowest BCUT2D eigenvalue weighted by molar-refractivity contribution is 0.270. The number of hydrogen-bond acceptors (Lipinski definition) is 1. The van der Waals surface area contributed by atoms with Crippen molar-refractivity contribution in [1.82, 2.24) is 0 Å². The highest BCUT2D eigenvalue weighted by Gasteiger charge is 2.11. The lowest BCUT2D eigenvalue weighted by Gasteiger charge is -2.09. The van der Waals surface area contributed by atoms with Crippen LogP contribution in [0.4, 0.5) is 4.39 Å². The summed E-state index contributed by atoms with van der Waals surface area (Å²) >= 11 is 0. The fourth-order valence-corrected chi connectivity index (χ4v) is 1.14. The first-order chi connectivity index (χ1) is 6.20. The normalized spacial score (nSPS) is 12.2. The first-order valence-electron chi connectivity index (χ1n) is 4.06. The summed E-state index contributed by atoms with van der Waals surface area (Å²) in [5.41, 5.74) is 0.718. The predicted molar refractivity (Wildman–Crippen MR) is 49.8 cm³/mol. The molecule has 1 nitrogen and oxygen atoms in total. The molecule has 0 amide bonds. The van der Waals surface area contributed by atoms with Crippen LogP contribution in [0.5, 0.6) is 0 Å². The zero-order valence-corrected chi connectivity index (χ0v) is 7.42. The van der Waals surface area contributed by atoms with E-state index in [0.29, 0.717) is 5.56 Å². The number of benzene rings is 1. The lowest BCUT2D eigenvalue weighted by atomic mass is 9.99. The molecule has 1 rings (SSSR count). The first-order valence-corrected chi connectivity index (χ1v) is 4.06. The molecule has 0 aliphatic carbocycles. The summed E-state index contributed by atoms with van der Waals surface area (Å²) in [6.07, 6.45) is 5.11. The van der Waals surface area contributed by atoms with E-state index in [1.807, 2.05) is 0 Å². The van der Waals surface area contributed by atoms with Crippen LogP contribution < -0.4 is 0 Å². The van der Waals surface area contributed by atoms with Gasteiger partial charge in [0.05, 0.1) is 5.56 Å². The van der Waals surface area contributed by atoms with Crippen LogP contribution in [0.25, 0.3) is 0 Å². The van der Waals surface area contributed by atoms with Crippen molar-refractivity contribution in [3.63, 3.8) is 0 Å². The Morgan fingerprint density at radius 2 is 2.31 bits per heavy atom. The van der Waals surface area contributed by atoms with Gasteiger partial charge in [0, 0.05) is 12.5 Å². The van der Waals surface area contributed by atoms with Crippen molar-refractivity contribution in [2.24, 2.45) is 0 Å². The van der Waals surface area contributed by atoms with E-state index in [9.17, 15) is 4.39 Å². The third-order valence-corrected chi connectivity index (χ3v) is 1.99. The summed E-state index contributed by atoms with van der Waals surface area (Å²) < 4.78 is 13.5. The number of halogens is 1. The topological polar surface area (TPSA) is 20.2 Å². The largest absolute Gasteiger partial charge is 0.396 e. The second-order valence-electron chi connectivity index (χ2n) is 2.94. The zero-order chi connectivity index (χ0) is 9.84. The summed E-state index contributed by atoms with van der Waals surface area (Å²) in [7, 11) is 0. The van der Waals surface area contributed by atoms with Gasteiger partial charge in [-0.05, 0) is 11.6 Å².